The minimum Gasteiger partial charge on any atom is -0.493 e. The Bertz CT molecular complexity index is 912. The Hall–Kier alpha value is -3.02. The number of amides is 1. The fourth-order valence-corrected chi connectivity index (χ4v) is 2.54. The number of benzene rings is 2. The first kappa shape index (κ1) is 16.8. The van der Waals surface area contributed by atoms with Crippen molar-refractivity contribution < 1.29 is 13.9 Å². The van der Waals surface area contributed by atoms with Crippen molar-refractivity contribution in [3.63, 3.8) is 0 Å². The molecule has 1 amide bonds. The number of nitrogens with one attached hydrogen (secondary N) is 1. The number of aromatic nitrogens is 1. The van der Waals surface area contributed by atoms with Crippen LogP contribution < -0.4 is 15.8 Å². The lowest BCUT2D eigenvalue weighted by atomic mass is 10.1. The SMILES string of the molecule is Cn1c(=O)oc2ccc(CCNC(=O)CCOc3ccccc3)cc21. The summed E-state index contributed by atoms with van der Waals surface area (Å²) in [6.45, 7) is 0.875. The molecule has 3 aromatic rings. The molecular formula is C19H20N2O4. The lowest BCUT2D eigenvalue weighted by Gasteiger charge is -2.07. The van der Waals surface area contributed by atoms with E-state index < -0.39 is 0 Å². The Balaban J connectivity index is 1.43. The Labute approximate surface area is 145 Å². The van der Waals surface area contributed by atoms with Crippen LogP contribution in [0.4, 0.5) is 0 Å². The van der Waals surface area contributed by atoms with Crippen LogP contribution in [0.2, 0.25) is 0 Å². The number of nitrogens with zero attached hydrogens (tertiary/aromatic N) is 1. The second-order valence-electron chi connectivity index (χ2n) is 5.74. The topological polar surface area (TPSA) is 73.5 Å². The van der Waals surface area contributed by atoms with E-state index in [0.29, 0.717) is 31.6 Å². The molecule has 25 heavy (non-hydrogen) atoms. The van der Waals surface area contributed by atoms with Crippen molar-refractivity contribution in [1.82, 2.24) is 9.88 Å². The number of hydrogen-bond donors (Lipinski definition) is 1. The number of carbonyl (C=O) groups is 1. The minimum atomic E-state index is -0.376. The van der Waals surface area contributed by atoms with Gasteiger partial charge in [0.15, 0.2) is 5.58 Å². The fraction of sp³-hybridized carbons (Fsp3) is 0.263. The molecule has 0 unspecified atom stereocenters. The van der Waals surface area contributed by atoms with Crippen LogP contribution in [0.3, 0.4) is 0 Å². The predicted octanol–water partition coefficient (Wildman–Crippen LogP) is 2.26. The summed E-state index contributed by atoms with van der Waals surface area (Å²) >= 11 is 0. The van der Waals surface area contributed by atoms with Gasteiger partial charge in [0.05, 0.1) is 18.5 Å². The van der Waals surface area contributed by atoms with E-state index in [-0.39, 0.29) is 11.7 Å². The molecule has 0 fully saturated rings. The molecule has 0 aliphatic heterocycles. The normalized spacial score (nSPS) is 10.8. The van der Waals surface area contributed by atoms with Crippen LogP contribution in [-0.2, 0) is 18.3 Å². The summed E-state index contributed by atoms with van der Waals surface area (Å²) < 4.78 is 12.1. The molecule has 1 heterocycles. The molecule has 130 valence electrons. The van der Waals surface area contributed by atoms with Crippen molar-refractivity contribution in [1.29, 1.82) is 0 Å². The summed E-state index contributed by atoms with van der Waals surface area (Å²) in [6.07, 6.45) is 0.991. The molecule has 0 atom stereocenters. The van der Waals surface area contributed by atoms with Crippen LogP contribution in [-0.4, -0.2) is 23.6 Å². The molecule has 6 nitrogen and oxygen atoms in total. The van der Waals surface area contributed by atoms with Gasteiger partial charge in [-0.1, -0.05) is 24.3 Å². The zero-order valence-corrected chi connectivity index (χ0v) is 14.0. The summed E-state index contributed by atoms with van der Waals surface area (Å²) in [4.78, 5) is 23.3. The number of para-hydroxylation sites is 1. The van der Waals surface area contributed by atoms with E-state index in [1.165, 1.54) is 4.57 Å². The van der Waals surface area contributed by atoms with Crippen molar-refractivity contribution >= 4 is 17.0 Å². The van der Waals surface area contributed by atoms with Crippen LogP contribution in [0.15, 0.2) is 57.7 Å². The zero-order chi connectivity index (χ0) is 17.6. The van der Waals surface area contributed by atoms with Gasteiger partial charge >= 0.3 is 5.76 Å². The van der Waals surface area contributed by atoms with Crippen LogP contribution in [0.25, 0.3) is 11.1 Å². The zero-order valence-electron chi connectivity index (χ0n) is 14.0. The van der Waals surface area contributed by atoms with Crippen LogP contribution in [0.5, 0.6) is 5.75 Å². The lowest BCUT2D eigenvalue weighted by Crippen LogP contribution is -2.27. The van der Waals surface area contributed by atoms with Gasteiger partial charge in [-0.2, -0.15) is 0 Å². The van der Waals surface area contributed by atoms with Gasteiger partial charge in [0.1, 0.15) is 5.75 Å². The molecular weight excluding hydrogens is 320 g/mol. The highest BCUT2D eigenvalue weighted by molar-refractivity contribution is 5.76. The number of carbonyl (C=O) groups excluding carboxylic acids is 1. The fourth-order valence-electron chi connectivity index (χ4n) is 2.54. The van der Waals surface area contributed by atoms with Gasteiger partial charge in [-0.05, 0) is 36.2 Å². The van der Waals surface area contributed by atoms with E-state index in [4.69, 9.17) is 9.15 Å². The third kappa shape index (κ3) is 4.29. The molecule has 1 aromatic heterocycles. The molecule has 0 saturated carbocycles. The molecule has 0 aliphatic rings. The first-order valence-corrected chi connectivity index (χ1v) is 8.16. The smallest absolute Gasteiger partial charge is 0.419 e. The number of aryl methyl sites for hydroxylation is 1. The van der Waals surface area contributed by atoms with Gasteiger partial charge in [-0.15, -0.1) is 0 Å². The van der Waals surface area contributed by atoms with Crippen LogP contribution in [0.1, 0.15) is 12.0 Å². The lowest BCUT2D eigenvalue weighted by molar-refractivity contribution is -0.121. The van der Waals surface area contributed by atoms with Gasteiger partial charge in [-0.25, -0.2) is 4.79 Å². The van der Waals surface area contributed by atoms with Gasteiger partial charge in [0, 0.05) is 13.6 Å². The average molecular weight is 340 g/mol. The summed E-state index contributed by atoms with van der Waals surface area (Å²) in [5.41, 5.74) is 2.35. The number of hydrogen-bond acceptors (Lipinski definition) is 4. The number of oxazole rings is 1. The molecule has 1 N–H and O–H groups in total. The highest BCUT2D eigenvalue weighted by Crippen LogP contribution is 2.14. The van der Waals surface area contributed by atoms with Gasteiger partial charge in [0.2, 0.25) is 5.91 Å². The Morgan fingerprint density at radius 3 is 2.80 bits per heavy atom. The predicted molar refractivity (Wildman–Crippen MR) is 94.7 cm³/mol. The maximum atomic E-state index is 11.8. The standard InChI is InChI=1S/C19H20N2O4/c1-21-16-13-14(7-8-17(16)25-19(21)23)9-11-20-18(22)10-12-24-15-5-3-2-4-6-15/h2-8,13H,9-12H2,1H3,(H,20,22). The van der Waals surface area contributed by atoms with Crippen molar-refractivity contribution in [2.24, 2.45) is 7.05 Å². The first-order valence-electron chi connectivity index (χ1n) is 8.16. The summed E-state index contributed by atoms with van der Waals surface area (Å²) in [6, 6.07) is 15.0. The van der Waals surface area contributed by atoms with Crippen molar-refractivity contribution in [2.75, 3.05) is 13.2 Å². The van der Waals surface area contributed by atoms with Crippen molar-refractivity contribution in [3.05, 3.63) is 64.6 Å². The second-order valence-corrected chi connectivity index (χ2v) is 5.74. The Morgan fingerprint density at radius 2 is 2.00 bits per heavy atom. The van der Waals surface area contributed by atoms with E-state index in [0.717, 1.165) is 16.8 Å². The van der Waals surface area contributed by atoms with E-state index in [9.17, 15) is 9.59 Å². The number of fused-ring (bicyclic) bond motifs is 1. The number of rotatable bonds is 7. The summed E-state index contributed by atoms with van der Waals surface area (Å²) in [7, 11) is 1.67. The molecule has 0 saturated heterocycles. The largest absolute Gasteiger partial charge is 0.493 e. The molecule has 0 spiro atoms. The molecule has 2 aromatic carbocycles. The average Bonchev–Trinajstić information content (AvgIpc) is 2.90. The van der Waals surface area contributed by atoms with E-state index in [1.54, 1.807) is 13.1 Å². The van der Waals surface area contributed by atoms with E-state index >= 15 is 0 Å². The van der Waals surface area contributed by atoms with Crippen LogP contribution >= 0.6 is 0 Å². The van der Waals surface area contributed by atoms with E-state index in [2.05, 4.69) is 5.32 Å². The minimum absolute atomic E-state index is 0.0484. The molecule has 3 rings (SSSR count). The monoisotopic (exact) mass is 340 g/mol. The maximum Gasteiger partial charge on any atom is 0.419 e. The highest BCUT2D eigenvalue weighted by Gasteiger charge is 2.07. The summed E-state index contributed by atoms with van der Waals surface area (Å²) in [5.74, 6) is 0.334. The van der Waals surface area contributed by atoms with Gasteiger partial charge in [-0.3, -0.25) is 9.36 Å². The molecule has 6 heteroatoms. The van der Waals surface area contributed by atoms with Crippen molar-refractivity contribution in [2.45, 2.75) is 12.8 Å². The quantitative estimate of drug-likeness (QED) is 0.716. The molecule has 0 aliphatic carbocycles. The molecule has 0 bridgehead atoms. The van der Waals surface area contributed by atoms with Gasteiger partial charge < -0.3 is 14.5 Å². The van der Waals surface area contributed by atoms with Gasteiger partial charge in [0.25, 0.3) is 0 Å². The highest BCUT2D eigenvalue weighted by atomic mass is 16.5. The first-order chi connectivity index (χ1) is 12.1. The summed E-state index contributed by atoms with van der Waals surface area (Å²) in [5, 5.41) is 2.87. The Kier molecular flexibility index (Phi) is 5.18. The van der Waals surface area contributed by atoms with E-state index in [1.807, 2.05) is 42.5 Å². The number of ether oxygens (including phenoxy) is 1. The maximum absolute atomic E-state index is 11.8. The third-order valence-corrected chi connectivity index (χ3v) is 3.93. The molecule has 0 radical (unpaired) electrons. The van der Waals surface area contributed by atoms with Crippen molar-refractivity contribution in [3.8, 4) is 5.75 Å². The Morgan fingerprint density at radius 1 is 1.20 bits per heavy atom. The van der Waals surface area contributed by atoms with Crippen LogP contribution in [0, 0.1) is 0 Å². The second kappa shape index (κ2) is 7.70. The third-order valence-electron chi connectivity index (χ3n) is 3.93.